The fourth-order valence-electron chi connectivity index (χ4n) is 4.38. The SMILES string of the molecule is Nc1c(F)c(N2CC(=NO)C3(CC3)C2)c(F)c2c1c(=O)c(C(=O)O)cn2C1CC1. The van der Waals surface area contributed by atoms with Crippen molar-refractivity contribution in [2.24, 2.45) is 10.6 Å². The van der Waals surface area contributed by atoms with Gasteiger partial charge in [0.05, 0.1) is 28.8 Å². The molecule has 0 unspecified atom stereocenters. The lowest BCUT2D eigenvalue weighted by Gasteiger charge is -2.23. The lowest BCUT2D eigenvalue weighted by molar-refractivity contribution is 0.0695. The zero-order chi connectivity index (χ0) is 20.7. The fraction of sp³-hybridized carbons (Fsp3) is 0.421. The van der Waals surface area contributed by atoms with Gasteiger partial charge in [-0.15, -0.1) is 0 Å². The lowest BCUT2D eigenvalue weighted by Crippen LogP contribution is -2.26. The van der Waals surface area contributed by atoms with Crippen molar-refractivity contribution < 1.29 is 23.9 Å². The summed E-state index contributed by atoms with van der Waals surface area (Å²) in [6, 6.07) is -0.175. The molecule has 29 heavy (non-hydrogen) atoms. The summed E-state index contributed by atoms with van der Waals surface area (Å²) in [7, 11) is 0. The summed E-state index contributed by atoms with van der Waals surface area (Å²) >= 11 is 0. The van der Waals surface area contributed by atoms with E-state index in [1.165, 1.54) is 9.47 Å². The zero-order valence-corrected chi connectivity index (χ0v) is 15.3. The van der Waals surface area contributed by atoms with Gasteiger partial charge in [0.2, 0.25) is 5.43 Å². The number of fused-ring (bicyclic) bond motifs is 1. The number of anilines is 2. The molecule has 1 spiro atoms. The number of halogens is 2. The monoisotopic (exact) mass is 404 g/mol. The molecule has 0 amide bonds. The van der Waals surface area contributed by atoms with E-state index in [0.717, 1.165) is 19.0 Å². The Bertz CT molecular complexity index is 1180. The number of hydrogen-bond donors (Lipinski definition) is 3. The van der Waals surface area contributed by atoms with E-state index in [1.54, 1.807) is 0 Å². The number of nitrogens with zero attached hydrogens (tertiary/aromatic N) is 3. The summed E-state index contributed by atoms with van der Waals surface area (Å²) in [5.41, 5.74) is 3.29. The summed E-state index contributed by atoms with van der Waals surface area (Å²) in [5, 5.41) is 21.5. The number of nitrogen functional groups attached to an aromatic ring is 1. The first-order valence-corrected chi connectivity index (χ1v) is 9.34. The minimum atomic E-state index is -1.48. The molecular weight excluding hydrogens is 386 g/mol. The Morgan fingerprint density at radius 2 is 1.97 bits per heavy atom. The molecule has 0 radical (unpaired) electrons. The van der Waals surface area contributed by atoms with Gasteiger partial charge in [0.25, 0.3) is 0 Å². The molecule has 0 bridgehead atoms. The largest absolute Gasteiger partial charge is 0.477 e. The summed E-state index contributed by atoms with van der Waals surface area (Å²) in [5.74, 6) is -3.54. The van der Waals surface area contributed by atoms with Crippen molar-refractivity contribution in [2.45, 2.75) is 31.7 Å². The molecule has 2 aliphatic carbocycles. The van der Waals surface area contributed by atoms with Crippen LogP contribution in [0.1, 0.15) is 42.1 Å². The molecule has 1 saturated heterocycles. The van der Waals surface area contributed by atoms with Crippen molar-refractivity contribution in [1.29, 1.82) is 0 Å². The molecule has 8 nitrogen and oxygen atoms in total. The van der Waals surface area contributed by atoms with E-state index >= 15 is 8.78 Å². The quantitative estimate of drug-likeness (QED) is 0.410. The number of rotatable bonds is 3. The molecule has 1 aliphatic heterocycles. The van der Waals surface area contributed by atoms with E-state index in [2.05, 4.69) is 5.16 Å². The Morgan fingerprint density at radius 3 is 2.48 bits per heavy atom. The van der Waals surface area contributed by atoms with Crippen LogP contribution in [-0.4, -0.2) is 39.7 Å². The van der Waals surface area contributed by atoms with Gasteiger partial charge in [-0.05, 0) is 25.7 Å². The molecule has 1 aromatic carbocycles. The molecule has 2 heterocycles. The summed E-state index contributed by atoms with van der Waals surface area (Å²) in [6.07, 6.45) is 4.03. The first-order chi connectivity index (χ1) is 13.8. The second kappa shape index (κ2) is 5.68. The number of carboxylic acid groups (broad SMARTS) is 1. The summed E-state index contributed by atoms with van der Waals surface area (Å²) < 4.78 is 32.3. The van der Waals surface area contributed by atoms with E-state index in [1.807, 2.05) is 0 Å². The number of carboxylic acids is 1. The zero-order valence-electron chi connectivity index (χ0n) is 15.3. The molecule has 152 valence electrons. The number of pyridine rings is 1. The predicted molar refractivity (Wildman–Crippen MR) is 101 cm³/mol. The van der Waals surface area contributed by atoms with Crippen molar-refractivity contribution in [1.82, 2.24) is 4.57 Å². The number of benzene rings is 1. The molecule has 3 fully saturated rings. The van der Waals surface area contributed by atoms with Crippen LogP contribution in [0.2, 0.25) is 0 Å². The van der Waals surface area contributed by atoms with Gasteiger partial charge in [0.1, 0.15) is 11.3 Å². The fourth-order valence-corrected chi connectivity index (χ4v) is 4.38. The second-order valence-electron chi connectivity index (χ2n) is 8.11. The average molecular weight is 404 g/mol. The molecule has 0 atom stereocenters. The van der Waals surface area contributed by atoms with E-state index < -0.39 is 39.7 Å². The van der Waals surface area contributed by atoms with Gasteiger partial charge in [-0.3, -0.25) is 4.79 Å². The van der Waals surface area contributed by atoms with Crippen molar-refractivity contribution >= 4 is 34.0 Å². The first kappa shape index (κ1) is 17.9. The van der Waals surface area contributed by atoms with E-state index in [9.17, 15) is 19.9 Å². The van der Waals surface area contributed by atoms with Crippen molar-refractivity contribution in [2.75, 3.05) is 23.7 Å². The molecule has 4 N–H and O–H groups in total. The molecule has 2 saturated carbocycles. The standard InChI is InChI=1S/C19H18F2N4O4/c20-12-14(22)11-15(25(8-1-2-8)5-9(17(11)26)18(27)28)13(21)16(12)24-6-10(23-29)19(7-24)3-4-19/h5,8,29H,1-4,6-7,22H2,(H,27,28). The van der Waals surface area contributed by atoms with Crippen LogP contribution in [0.4, 0.5) is 20.2 Å². The van der Waals surface area contributed by atoms with Crippen LogP contribution in [0.15, 0.2) is 16.1 Å². The topological polar surface area (TPSA) is 121 Å². The third-order valence-corrected chi connectivity index (χ3v) is 6.27. The molecule has 10 heteroatoms. The Morgan fingerprint density at radius 1 is 1.28 bits per heavy atom. The first-order valence-electron chi connectivity index (χ1n) is 9.34. The number of carbonyl (C=O) groups is 1. The van der Waals surface area contributed by atoms with Gasteiger partial charge in [0.15, 0.2) is 11.6 Å². The number of aromatic carboxylic acids is 1. The number of aromatic nitrogens is 1. The summed E-state index contributed by atoms with van der Waals surface area (Å²) in [6.45, 7) is 0.336. The Kier molecular flexibility index (Phi) is 3.50. The van der Waals surface area contributed by atoms with Crippen molar-refractivity contribution in [3.63, 3.8) is 0 Å². The van der Waals surface area contributed by atoms with E-state index in [0.29, 0.717) is 18.6 Å². The Labute approximate surface area is 162 Å². The van der Waals surface area contributed by atoms with Gasteiger partial charge in [-0.2, -0.15) is 0 Å². The van der Waals surface area contributed by atoms with Crippen LogP contribution >= 0.6 is 0 Å². The van der Waals surface area contributed by atoms with Gasteiger partial charge in [0, 0.05) is 24.2 Å². The number of hydrogen-bond acceptors (Lipinski definition) is 6. The van der Waals surface area contributed by atoms with Crippen LogP contribution in [0.25, 0.3) is 10.9 Å². The minimum absolute atomic E-state index is 0.0517. The molecule has 5 rings (SSSR count). The second-order valence-corrected chi connectivity index (χ2v) is 8.11. The Hall–Kier alpha value is -3.17. The predicted octanol–water partition coefficient (Wildman–Crippen LogP) is 2.33. The maximum absolute atomic E-state index is 15.7. The van der Waals surface area contributed by atoms with Crippen LogP contribution in [0.5, 0.6) is 0 Å². The van der Waals surface area contributed by atoms with Crippen LogP contribution < -0.4 is 16.1 Å². The normalized spacial score (nSPS) is 21.4. The van der Waals surface area contributed by atoms with E-state index in [-0.39, 0.29) is 35.8 Å². The van der Waals surface area contributed by atoms with Crippen LogP contribution in [0.3, 0.4) is 0 Å². The van der Waals surface area contributed by atoms with Crippen LogP contribution in [0, 0.1) is 17.0 Å². The molecule has 2 aromatic rings. The third-order valence-electron chi connectivity index (χ3n) is 6.27. The molecular formula is C19H18F2N4O4. The molecule has 1 aromatic heterocycles. The average Bonchev–Trinajstić information content (AvgIpc) is 3.58. The van der Waals surface area contributed by atoms with Gasteiger partial charge in [-0.1, -0.05) is 5.16 Å². The minimum Gasteiger partial charge on any atom is -0.477 e. The van der Waals surface area contributed by atoms with Crippen LogP contribution in [-0.2, 0) is 0 Å². The number of nitrogens with two attached hydrogens (primary N) is 1. The van der Waals surface area contributed by atoms with E-state index in [4.69, 9.17) is 5.73 Å². The van der Waals surface area contributed by atoms with Gasteiger partial charge >= 0.3 is 5.97 Å². The highest BCUT2D eigenvalue weighted by molar-refractivity contribution is 6.02. The van der Waals surface area contributed by atoms with Crippen molar-refractivity contribution in [3.05, 3.63) is 33.6 Å². The highest BCUT2D eigenvalue weighted by Gasteiger charge is 2.54. The van der Waals surface area contributed by atoms with Crippen molar-refractivity contribution in [3.8, 4) is 0 Å². The number of oxime groups is 1. The summed E-state index contributed by atoms with van der Waals surface area (Å²) in [4.78, 5) is 25.6. The Balaban J connectivity index is 1.80. The highest BCUT2D eigenvalue weighted by atomic mass is 19.1. The lowest BCUT2D eigenvalue weighted by atomic mass is 10.0. The smallest absolute Gasteiger partial charge is 0.341 e. The third kappa shape index (κ3) is 2.37. The van der Waals surface area contributed by atoms with Gasteiger partial charge in [-0.25, -0.2) is 13.6 Å². The highest BCUT2D eigenvalue weighted by Crippen LogP contribution is 2.53. The molecule has 3 aliphatic rings. The maximum atomic E-state index is 15.7. The maximum Gasteiger partial charge on any atom is 0.341 e. The van der Waals surface area contributed by atoms with Gasteiger partial charge < -0.3 is 25.5 Å².